The SMILES string of the molecule is CNc1ncc(/C(N)=C/N(N)c2cc(C(=O)Nc3cc(C(F)(F)F)cc(CN4CCCC4)c3OC)ccc2C)s1. The minimum absolute atomic E-state index is 0.0575. The number of nitrogens with zero attached hydrogens (tertiary/aromatic N) is 3. The van der Waals surface area contributed by atoms with Crippen molar-refractivity contribution >= 4 is 39.4 Å². The van der Waals surface area contributed by atoms with Crippen molar-refractivity contribution in [2.45, 2.75) is 32.5 Å². The third kappa shape index (κ3) is 6.66. The van der Waals surface area contributed by atoms with E-state index < -0.39 is 17.6 Å². The van der Waals surface area contributed by atoms with Crippen LogP contribution < -0.4 is 32.0 Å². The maximum Gasteiger partial charge on any atom is 0.416 e. The van der Waals surface area contributed by atoms with Gasteiger partial charge < -0.3 is 21.1 Å². The number of aryl methyl sites for hydroxylation is 1. The number of likely N-dealkylation sites (tertiary alicyclic amines) is 1. The Morgan fingerprint density at radius 3 is 2.60 bits per heavy atom. The van der Waals surface area contributed by atoms with Gasteiger partial charge in [0.15, 0.2) is 5.13 Å². The molecule has 1 aliphatic heterocycles. The summed E-state index contributed by atoms with van der Waals surface area (Å²) < 4.78 is 46.9. The molecule has 1 fully saturated rings. The summed E-state index contributed by atoms with van der Waals surface area (Å²) in [4.78, 5) is 20.3. The highest BCUT2D eigenvalue weighted by atomic mass is 32.1. The molecule has 2 aromatic carbocycles. The predicted molar refractivity (Wildman–Crippen MR) is 152 cm³/mol. The topological polar surface area (TPSA) is 122 Å². The molecule has 0 radical (unpaired) electrons. The first-order chi connectivity index (χ1) is 19.0. The number of carbonyl (C=O) groups is 1. The number of aromatic nitrogens is 1. The summed E-state index contributed by atoms with van der Waals surface area (Å²) in [6.45, 7) is 3.69. The Bertz CT molecular complexity index is 1400. The summed E-state index contributed by atoms with van der Waals surface area (Å²) in [7, 11) is 3.13. The third-order valence-electron chi connectivity index (χ3n) is 6.57. The molecular formula is C27H32F3N7O2S. The number of ether oxygens (including phenoxy) is 1. The molecule has 6 N–H and O–H groups in total. The summed E-state index contributed by atoms with van der Waals surface area (Å²) in [5.41, 5.74) is 7.45. The van der Waals surface area contributed by atoms with Crippen LogP contribution in [0.25, 0.3) is 5.70 Å². The summed E-state index contributed by atoms with van der Waals surface area (Å²) in [6.07, 6.45) is 0.507. The molecular weight excluding hydrogens is 543 g/mol. The van der Waals surface area contributed by atoms with Gasteiger partial charge in [0.1, 0.15) is 5.75 Å². The lowest BCUT2D eigenvalue weighted by atomic mass is 10.1. The van der Waals surface area contributed by atoms with Gasteiger partial charge in [0.2, 0.25) is 0 Å². The second-order valence-electron chi connectivity index (χ2n) is 9.42. The number of benzene rings is 2. The van der Waals surface area contributed by atoms with Gasteiger partial charge >= 0.3 is 6.18 Å². The number of anilines is 3. The number of alkyl halides is 3. The molecule has 1 saturated heterocycles. The monoisotopic (exact) mass is 575 g/mol. The Hall–Kier alpha value is -3.81. The summed E-state index contributed by atoms with van der Waals surface area (Å²) in [5.74, 6) is 5.85. The summed E-state index contributed by atoms with van der Waals surface area (Å²) >= 11 is 1.35. The van der Waals surface area contributed by atoms with E-state index in [0.29, 0.717) is 27.0 Å². The first-order valence-electron chi connectivity index (χ1n) is 12.6. The molecule has 1 amide bonds. The molecule has 1 aromatic heterocycles. The molecule has 0 saturated carbocycles. The van der Waals surface area contributed by atoms with Gasteiger partial charge in [0.05, 0.1) is 34.6 Å². The van der Waals surface area contributed by atoms with Gasteiger partial charge in [-0.25, -0.2) is 10.8 Å². The van der Waals surface area contributed by atoms with Crippen LogP contribution in [0.2, 0.25) is 0 Å². The molecule has 0 bridgehead atoms. The van der Waals surface area contributed by atoms with Gasteiger partial charge in [-0.15, -0.1) is 0 Å². The number of rotatable bonds is 9. The molecule has 0 unspecified atom stereocenters. The quantitative estimate of drug-likeness (QED) is 0.208. The minimum Gasteiger partial charge on any atom is -0.494 e. The molecule has 0 aliphatic carbocycles. The van der Waals surface area contributed by atoms with Gasteiger partial charge in [-0.3, -0.25) is 14.7 Å². The van der Waals surface area contributed by atoms with Crippen LogP contribution in [0.15, 0.2) is 42.7 Å². The second kappa shape index (κ2) is 12.1. The first kappa shape index (κ1) is 29.2. The van der Waals surface area contributed by atoms with E-state index in [1.165, 1.54) is 29.7 Å². The third-order valence-corrected chi connectivity index (χ3v) is 7.63. The fourth-order valence-electron chi connectivity index (χ4n) is 4.52. The highest BCUT2D eigenvalue weighted by Crippen LogP contribution is 2.39. The number of amides is 1. The second-order valence-corrected chi connectivity index (χ2v) is 10.5. The van der Waals surface area contributed by atoms with Gasteiger partial charge in [0.25, 0.3) is 5.91 Å². The Morgan fingerprint density at radius 1 is 1.25 bits per heavy atom. The van der Waals surface area contributed by atoms with E-state index in [9.17, 15) is 18.0 Å². The van der Waals surface area contributed by atoms with Crippen LogP contribution in [0, 0.1) is 6.92 Å². The van der Waals surface area contributed by atoms with Crippen molar-refractivity contribution < 1.29 is 22.7 Å². The maximum atomic E-state index is 13.8. The first-order valence-corrected chi connectivity index (χ1v) is 13.4. The number of carbonyl (C=O) groups excluding carboxylic acids is 1. The van der Waals surface area contributed by atoms with E-state index >= 15 is 0 Å². The Morgan fingerprint density at radius 2 is 1.98 bits per heavy atom. The van der Waals surface area contributed by atoms with Crippen molar-refractivity contribution in [3.05, 3.63) is 69.9 Å². The van der Waals surface area contributed by atoms with Crippen molar-refractivity contribution in [1.82, 2.24) is 9.88 Å². The number of hydrogen-bond acceptors (Lipinski definition) is 9. The lowest BCUT2D eigenvalue weighted by Crippen LogP contribution is -2.27. The fourth-order valence-corrected chi connectivity index (χ4v) is 5.21. The van der Waals surface area contributed by atoms with Crippen LogP contribution in [0.1, 0.15) is 44.8 Å². The van der Waals surface area contributed by atoms with E-state index in [1.54, 1.807) is 31.4 Å². The Kier molecular flexibility index (Phi) is 8.86. The van der Waals surface area contributed by atoms with Crippen molar-refractivity contribution in [2.75, 3.05) is 42.9 Å². The van der Waals surface area contributed by atoms with E-state index in [4.69, 9.17) is 16.3 Å². The number of hydrogen-bond donors (Lipinski definition) is 4. The van der Waals surface area contributed by atoms with Crippen LogP contribution in [0.4, 0.5) is 29.7 Å². The zero-order valence-corrected chi connectivity index (χ0v) is 23.2. The average molecular weight is 576 g/mol. The molecule has 214 valence electrons. The van der Waals surface area contributed by atoms with Crippen LogP contribution >= 0.6 is 11.3 Å². The standard InChI is InChI=1S/C27H32F3N7O2S/c1-16-6-7-17(11-22(16)37(32)15-20(31)23-13-34-26(33-2)40-23)25(38)35-21-12-19(27(28,29)30)10-18(24(21)39-3)14-36-8-4-5-9-36/h6-7,10-13,15H,4-5,8-9,14,31-32H2,1-3H3,(H,33,34)(H,35,38)/b20-15-. The van der Waals surface area contributed by atoms with Gasteiger partial charge in [-0.2, -0.15) is 13.2 Å². The molecule has 0 spiro atoms. The van der Waals surface area contributed by atoms with Crippen LogP contribution in [0.5, 0.6) is 5.75 Å². The molecule has 0 atom stereocenters. The maximum absolute atomic E-state index is 13.8. The number of halogens is 3. The largest absolute Gasteiger partial charge is 0.494 e. The van der Waals surface area contributed by atoms with E-state index in [1.807, 2.05) is 6.92 Å². The molecule has 4 rings (SSSR count). The van der Waals surface area contributed by atoms with E-state index in [0.717, 1.165) is 43.6 Å². The van der Waals surface area contributed by atoms with Gasteiger partial charge in [-0.1, -0.05) is 17.4 Å². The lowest BCUT2D eigenvalue weighted by Gasteiger charge is -2.22. The predicted octanol–water partition coefficient (Wildman–Crippen LogP) is 5.01. The summed E-state index contributed by atoms with van der Waals surface area (Å²) in [5, 5.41) is 7.54. The Balaban J connectivity index is 1.63. The Labute approximate surface area is 234 Å². The van der Waals surface area contributed by atoms with Crippen LogP contribution in [0.3, 0.4) is 0 Å². The molecule has 2 heterocycles. The van der Waals surface area contributed by atoms with Crippen LogP contribution in [-0.4, -0.2) is 43.0 Å². The number of methoxy groups -OCH3 is 1. The number of hydrazine groups is 1. The summed E-state index contributed by atoms with van der Waals surface area (Å²) in [6, 6.07) is 6.80. The van der Waals surface area contributed by atoms with Crippen molar-refractivity contribution in [1.29, 1.82) is 0 Å². The van der Waals surface area contributed by atoms with E-state index in [-0.39, 0.29) is 23.5 Å². The average Bonchev–Trinajstić information content (AvgIpc) is 3.60. The molecule has 13 heteroatoms. The number of nitrogens with two attached hydrogens (primary N) is 2. The number of thiazole rings is 1. The molecule has 9 nitrogen and oxygen atoms in total. The molecule has 40 heavy (non-hydrogen) atoms. The lowest BCUT2D eigenvalue weighted by molar-refractivity contribution is -0.137. The van der Waals surface area contributed by atoms with Crippen LogP contribution in [-0.2, 0) is 12.7 Å². The zero-order valence-electron chi connectivity index (χ0n) is 22.4. The van der Waals surface area contributed by atoms with Crippen molar-refractivity contribution in [2.24, 2.45) is 11.6 Å². The smallest absolute Gasteiger partial charge is 0.416 e. The van der Waals surface area contributed by atoms with Crippen molar-refractivity contribution in [3.63, 3.8) is 0 Å². The normalized spacial score (nSPS) is 14.3. The minimum atomic E-state index is -4.60. The molecule has 3 aromatic rings. The highest BCUT2D eigenvalue weighted by molar-refractivity contribution is 7.16. The fraction of sp³-hybridized carbons (Fsp3) is 0.333. The van der Waals surface area contributed by atoms with Gasteiger partial charge in [-0.05, 0) is 62.7 Å². The zero-order chi connectivity index (χ0) is 29.0. The highest BCUT2D eigenvalue weighted by Gasteiger charge is 2.33. The molecule has 1 aliphatic rings. The number of nitrogens with one attached hydrogen (secondary N) is 2. The van der Waals surface area contributed by atoms with E-state index in [2.05, 4.69) is 20.5 Å². The van der Waals surface area contributed by atoms with Gasteiger partial charge in [0, 0.05) is 37.1 Å². The van der Waals surface area contributed by atoms with Crippen molar-refractivity contribution in [3.8, 4) is 5.75 Å².